The molecule has 1 nitrogen and oxygen atoms in total. The van der Waals surface area contributed by atoms with Crippen molar-refractivity contribution in [3.05, 3.63) is 87.2 Å². The van der Waals surface area contributed by atoms with E-state index in [9.17, 15) is 0 Å². The molecule has 2 aromatic carbocycles. The monoisotopic (exact) mass is 374 g/mol. The summed E-state index contributed by atoms with van der Waals surface area (Å²) in [5, 5.41) is 0. The van der Waals surface area contributed by atoms with E-state index in [0.29, 0.717) is 0 Å². The van der Waals surface area contributed by atoms with Crippen molar-refractivity contribution in [3.8, 4) is 0 Å². The van der Waals surface area contributed by atoms with Crippen LogP contribution >= 0.6 is 22.6 Å². The van der Waals surface area contributed by atoms with Crippen molar-refractivity contribution in [3.63, 3.8) is 0 Å². The predicted molar refractivity (Wildman–Crippen MR) is 89.4 cm³/mol. The molecular weight excluding hydrogens is 359 g/mol. The summed E-state index contributed by atoms with van der Waals surface area (Å²) in [4.78, 5) is 0. The van der Waals surface area contributed by atoms with Gasteiger partial charge >= 0.3 is 0 Å². The van der Waals surface area contributed by atoms with Gasteiger partial charge in [-0.15, -0.1) is 5.73 Å². The largest absolute Gasteiger partial charge is 0.360 e. The maximum atomic E-state index is 6.27. The van der Waals surface area contributed by atoms with Gasteiger partial charge in [0.05, 0.1) is 6.10 Å². The minimum Gasteiger partial charge on any atom is -0.360 e. The summed E-state index contributed by atoms with van der Waals surface area (Å²) < 4.78 is 7.49. The van der Waals surface area contributed by atoms with Gasteiger partial charge in [-0.05, 0) is 39.8 Å². The van der Waals surface area contributed by atoms with Gasteiger partial charge in [-0.2, -0.15) is 0 Å². The molecule has 0 radical (unpaired) electrons. The van der Waals surface area contributed by atoms with Crippen molar-refractivity contribution in [2.24, 2.45) is 0 Å². The quantitative estimate of drug-likeness (QED) is 0.518. The van der Waals surface area contributed by atoms with Gasteiger partial charge in [0, 0.05) is 15.6 Å². The van der Waals surface area contributed by atoms with Gasteiger partial charge in [0.1, 0.15) is 6.10 Å². The van der Waals surface area contributed by atoms with Gasteiger partial charge in [-0.3, -0.25) is 0 Å². The summed E-state index contributed by atoms with van der Waals surface area (Å²) in [5.41, 5.74) is 6.64. The summed E-state index contributed by atoms with van der Waals surface area (Å²) in [6.07, 6.45) is 0.940. The fourth-order valence-electron chi connectivity index (χ4n) is 2.58. The standard InChI is InChI=1S/C18H15IO/c1-2-13-12-17(14-8-4-3-5-9-14)20-18(13)15-10-6-7-11-16(15)19/h3-11,17-18H,1,12H2/t17-,18+/m0/s1. The van der Waals surface area contributed by atoms with Crippen LogP contribution in [0.5, 0.6) is 0 Å². The molecule has 1 heterocycles. The number of hydrogen-bond donors (Lipinski definition) is 0. The smallest absolute Gasteiger partial charge is 0.113 e. The molecule has 1 aliphatic heterocycles. The second-order valence-electron chi connectivity index (χ2n) is 4.84. The first kappa shape index (κ1) is 13.6. The molecule has 1 fully saturated rings. The van der Waals surface area contributed by atoms with E-state index < -0.39 is 0 Å². The zero-order valence-corrected chi connectivity index (χ0v) is 13.2. The van der Waals surface area contributed by atoms with E-state index in [1.54, 1.807) is 0 Å². The normalized spacial score (nSPS) is 21.8. The lowest BCUT2D eigenvalue weighted by Crippen LogP contribution is -2.02. The Morgan fingerprint density at radius 1 is 1.05 bits per heavy atom. The van der Waals surface area contributed by atoms with E-state index >= 15 is 0 Å². The maximum Gasteiger partial charge on any atom is 0.113 e. The van der Waals surface area contributed by atoms with Crippen LogP contribution in [0.25, 0.3) is 0 Å². The first-order valence-electron chi connectivity index (χ1n) is 6.63. The van der Waals surface area contributed by atoms with Crippen LogP contribution in [-0.4, -0.2) is 0 Å². The summed E-state index contributed by atoms with van der Waals surface area (Å²) in [5.74, 6) is 0. The highest BCUT2D eigenvalue weighted by Crippen LogP contribution is 2.45. The first-order valence-corrected chi connectivity index (χ1v) is 7.71. The Kier molecular flexibility index (Phi) is 4.06. The second-order valence-corrected chi connectivity index (χ2v) is 6.01. The Morgan fingerprint density at radius 3 is 2.45 bits per heavy atom. The van der Waals surface area contributed by atoms with Gasteiger partial charge < -0.3 is 4.74 Å². The first-order chi connectivity index (χ1) is 9.79. The maximum absolute atomic E-state index is 6.27. The van der Waals surface area contributed by atoms with Crippen LogP contribution in [0.1, 0.15) is 29.8 Å². The van der Waals surface area contributed by atoms with Gasteiger partial charge in [-0.1, -0.05) is 55.1 Å². The lowest BCUT2D eigenvalue weighted by atomic mass is 9.99. The van der Waals surface area contributed by atoms with Crippen LogP contribution in [0, 0.1) is 3.57 Å². The average molecular weight is 374 g/mol. The van der Waals surface area contributed by atoms with E-state index in [4.69, 9.17) is 4.74 Å². The molecule has 2 aromatic rings. The third-order valence-electron chi connectivity index (χ3n) is 3.61. The summed E-state index contributed by atoms with van der Waals surface area (Å²) in [6, 6.07) is 18.7. The molecule has 0 bridgehead atoms. The van der Waals surface area contributed by atoms with E-state index in [1.807, 2.05) is 12.1 Å². The van der Waals surface area contributed by atoms with Gasteiger partial charge in [0.2, 0.25) is 0 Å². The Balaban J connectivity index is 1.94. The van der Waals surface area contributed by atoms with Crippen molar-refractivity contribution in [2.75, 3.05) is 0 Å². The van der Waals surface area contributed by atoms with Crippen LogP contribution in [0.3, 0.4) is 0 Å². The van der Waals surface area contributed by atoms with Crippen LogP contribution in [0.15, 0.2) is 72.5 Å². The van der Waals surface area contributed by atoms with Crippen LogP contribution in [0.4, 0.5) is 0 Å². The minimum atomic E-state index is -0.0224. The van der Waals surface area contributed by atoms with Gasteiger partial charge in [-0.25, -0.2) is 0 Å². The Bertz CT molecular complexity index is 656. The minimum absolute atomic E-state index is 0.0224. The highest BCUT2D eigenvalue weighted by atomic mass is 127. The van der Waals surface area contributed by atoms with Crippen LogP contribution < -0.4 is 0 Å². The molecule has 0 aliphatic carbocycles. The Hall–Kier alpha value is -1.35. The number of benzene rings is 2. The molecule has 20 heavy (non-hydrogen) atoms. The number of rotatable bonds is 2. The number of ether oxygens (including phenoxy) is 1. The highest BCUT2D eigenvalue weighted by Gasteiger charge is 2.32. The fraction of sp³-hybridized carbons (Fsp3) is 0.167. The van der Waals surface area contributed by atoms with Crippen molar-refractivity contribution in [1.82, 2.24) is 0 Å². The van der Waals surface area contributed by atoms with Gasteiger partial charge in [0.15, 0.2) is 0 Å². The lowest BCUT2D eigenvalue weighted by molar-refractivity contribution is 0.0512. The van der Waals surface area contributed by atoms with Crippen molar-refractivity contribution in [2.45, 2.75) is 18.6 Å². The molecule has 0 unspecified atom stereocenters. The predicted octanol–water partition coefficient (Wildman–Crippen LogP) is 5.21. The van der Waals surface area contributed by atoms with Gasteiger partial charge in [0.25, 0.3) is 0 Å². The van der Waals surface area contributed by atoms with Crippen molar-refractivity contribution >= 4 is 22.6 Å². The molecule has 100 valence electrons. The Morgan fingerprint density at radius 2 is 1.75 bits per heavy atom. The second kappa shape index (κ2) is 5.96. The molecule has 0 spiro atoms. The SMILES string of the molecule is C=C=C1C[C@@H](c2ccccc2)O[C@H]1c1ccccc1I. The molecular formula is C18H15IO. The third kappa shape index (κ3) is 2.59. The van der Waals surface area contributed by atoms with Crippen molar-refractivity contribution in [1.29, 1.82) is 0 Å². The summed E-state index contributed by atoms with van der Waals surface area (Å²) >= 11 is 2.36. The fourth-order valence-corrected chi connectivity index (χ4v) is 3.25. The molecule has 1 aliphatic rings. The lowest BCUT2D eigenvalue weighted by Gasteiger charge is -2.15. The van der Waals surface area contributed by atoms with Crippen LogP contribution in [-0.2, 0) is 4.74 Å². The number of hydrogen-bond acceptors (Lipinski definition) is 1. The van der Waals surface area contributed by atoms with E-state index in [-0.39, 0.29) is 12.2 Å². The highest BCUT2D eigenvalue weighted by molar-refractivity contribution is 14.1. The molecule has 1 saturated heterocycles. The molecule has 0 amide bonds. The zero-order valence-electron chi connectivity index (χ0n) is 11.1. The number of halogens is 1. The summed E-state index contributed by atoms with van der Waals surface area (Å²) in [7, 11) is 0. The van der Waals surface area contributed by atoms with E-state index in [2.05, 4.69) is 77.4 Å². The third-order valence-corrected chi connectivity index (χ3v) is 4.59. The molecule has 0 N–H and O–H groups in total. The average Bonchev–Trinajstić information content (AvgIpc) is 2.93. The molecule has 0 saturated carbocycles. The Labute approximate surface area is 133 Å². The topological polar surface area (TPSA) is 9.23 Å². The molecule has 2 heteroatoms. The zero-order chi connectivity index (χ0) is 13.9. The molecule has 2 atom stereocenters. The van der Waals surface area contributed by atoms with Crippen molar-refractivity contribution < 1.29 is 4.74 Å². The summed E-state index contributed by atoms with van der Waals surface area (Å²) in [6.45, 7) is 3.83. The molecule has 0 aromatic heterocycles. The molecule has 3 rings (SSSR count). The van der Waals surface area contributed by atoms with Crippen LogP contribution in [0.2, 0.25) is 0 Å². The van der Waals surface area contributed by atoms with E-state index in [0.717, 1.165) is 12.0 Å². The van der Waals surface area contributed by atoms with E-state index in [1.165, 1.54) is 14.7 Å².